The van der Waals surface area contributed by atoms with Crippen molar-refractivity contribution in [3.8, 4) is 0 Å². The molecule has 0 bridgehead atoms. The van der Waals surface area contributed by atoms with Crippen LogP contribution in [-0.2, 0) is 9.59 Å². The Balaban J connectivity index is 1.69. The van der Waals surface area contributed by atoms with Crippen molar-refractivity contribution in [2.75, 3.05) is 11.9 Å². The van der Waals surface area contributed by atoms with E-state index in [1.807, 2.05) is 0 Å². The lowest BCUT2D eigenvalue weighted by Gasteiger charge is -2.12. The Morgan fingerprint density at radius 3 is 2.50 bits per heavy atom. The molecule has 1 aliphatic rings. The van der Waals surface area contributed by atoms with Crippen molar-refractivity contribution < 1.29 is 14.4 Å². The van der Waals surface area contributed by atoms with Gasteiger partial charge in [-0.25, -0.2) is 0 Å². The zero-order valence-corrected chi connectivity index (χ0v) is 15.6. The van der Waals surface area contributed by atoms with Gasteiger partial charge in [0.25, 0.3) is 11.1 Å². The molecule has 2 aromatic carbocycles. The minimum atomic E-state index is -0.508. The Labute approximate surface area is 164 Å². The third kappa shape index (κ3) is 4.46. The summed E-state index contributed by atoms with van der Waals surface area (Å²) in [4.78, 5) is 37.8. The lowest BCUT2D eigenvalue weighted by Crippen LogP contribution is -2.36. The number of benzene rings is 2. The third-order valence-electron chi connectivity index (χ3n) is 3.45. The number of thioether (sulfide) groups is 1. The summed E-state index contributed by atoms with van der Waals surface area (Å²) in [5, 5.41) is 3.20. The van der Waals surface area contributed by atoms with Crippen LogP contribution in [0.2, 0.25) is 10.0 Å². The molecule has 3 rings (SSSR count). The first-order chi connectivity index (χ1) is 12.4. The molecule has 132 valence electrons. The highest BCUT2D eigenvalue weighted by molar-refractivity contribution is 8.18. The van der Waals surface area contributed by atoms with Gasteiger partial charge >= 0.3 is 0 Å². The number of imide groups is 1. The van der Waals surface area contributed by atoms with Gasteiger partial charge in [0, 0.05) is 15.7 Å². The second kappa shape index (κ2) is 7.95. The molecule has 1 fully saturated rings. The maximum Gasteiger partial charge on any atom is 0.294 e. The lowest BCUT2D eigenvalue weighted by atomic mass is 10.2. The van der Waals surface area contributed by atoms with E-state index in [1.165, 1.54) is 0 Å². The van der Waals surface area contributed by atoms with Crippen LogP contribution in [-0.4, -0.2) is 28.5 Å². The quantitative estimate of drug-likeness (QED) is 0.749. The normalized spacial score (nSPS) is 15.6. The molecular formula is C18H12Cl2N2O3S. The summed E-state index contributed by atoms with van der Waals surface area (Å²) in [5.41, 5.74) is 1.23. The van der Waals surface area contributed by atoms with Crippen molar-refractivity contribution in [3.63, 3.8) is 0 Å². The van der Waals surface area contributed by atoms with Gasteiger partial charge in [-0.05, 0) is 59.8 Å². The standard InChI is InChI=1S/C18H12Cl2N2O3S/c19-12-4-6-14(7-5-12)21-16(23)10-22-17(24)15(26-18(22)25)9-11-2-1-3-13(20)8-11/h1-9H,10H2,(H,21,23)/b15-9+. The molecule has 0 spiro atoms. The highest BCUT2D eigenvalue weighted by atomic mass is 35.5. The molecule has 0 unspecified atom stereocenters. The molecule has 0 saturated carbocycles. The second-order valence-electron chi connectivity index (χ2n) is 5.38. The summed E-state index contributed by atoms with van der Waals surface area (Å²) in [6.07, 6.45) is 1.58. The first kappa shape index (κ1) is 18.5. The van der Waals surface area contributed by atoms with Gasteiger partial charge in [0.05, 0.1) is 4.91 Å². The molecule has 2 aromatic rings. The predicted octanol–water partition coefficient (Wildman–Crippen LogP) is 4.67. The van der Waals surface area contributed by atoms with E-state index in [0.29, 0.717) is 21.3 Å². The molecule has 0 aromatic heterocycles. The zero-order valence-electron chi connectivity index (χ0n) is 13.2. The Bertz CT molecular complexity index is 913. The second-order valence-corrected chi connectivity index (χ2v) is 7.24. The predicted molar refractivity (Wildman–Crippen MR) is 104 cm³/mol. The van der Waals surface area contributed by atoms with Crippen LogP contribution in [0.3, 0.4) is 0 Å². The fourth-order valence-corrected chi connectivity index (χ4v) is 3.42. The molecular weight excluding hydrogens is 395 g/mol. The number of nitrogens with one attached hydrogen (secondary N) is 1. The first-order valence-corrected chi connectivity index (χ1v) is 9.06. The third-order valence-corrected chi connectivity index (χ3v) is 4.84. The molecule has 0 aliphatic carbocycles. The van der Waals surface area contributed by atoms with Gasteiger partial charge in [0.1, 0.15) is 6.54 Å². The van der Waals surface area contributed by atoms with E-state index in [1.54, 1.807) is 54.6 Å². The summed E-state index contributed by atoms with van der Waals surface area (Å²) in [7, 11) is 0. The van der Waals surface area contributed by atoms with E-state index in [4.69, 9.17) is 23.2 Å². The van der Waals surface area contributed by atoms with Crippen molar-refractivity contribution in [2.24, 2.45) is 0 Å². The molecule has 0 atom stereocenters. The minimum Gasteiger partial charge on any atom is -0.325 e. The first-order valence-electron chi connectivity index (χ1n) is 7.49. The Kier molecular flexibility index (Phi) is 5.66. The van der Waals surface area contributed by atoms with Crippen LogP contribution in [0.25, 0.3) is 6.08 Å². The number of anilines is 1. The Morgan fingerprint density at radius 2 is 1.81 bits per heavy atom. The number of carbonyl (C=O) groups is 3. The van der Waals surface area contributed by atoms with Crippen molar-refractivity contribution in [1.82, 2.24) is 4.90 Å². The van der Waals surface area contributed by atoms with Gasteiger partial charge < -0.3 is 5.32 Å². The van der Waals surface area contributed by atoms with Gasteiger partial charge in [-0.2, -0.15) is 0 Å². The van der Waals surface area contributed by atoms with Crippen LogP contribution in [0.15, 0.2) is 53.4 Å². The van der Waals surface area contributed by atoms with E-state index in [9.17, 15) is 14.4 Å². The maximum atomic E-state index is 12.4. The molecule has 5 nitrogen and oxygen atoms in total. The van der Waals surface area contributed by atoms with Crippen molar-refractivity contribution >= 4 is 63.8 Å². The fourth-order valence-electron chi connectivity index (χ4n) is 2.26. The zero-order chi connectivity index (χ0) is 18.7. The van der Waals surface area contributed by atoms with E-state index in [-0.39, 0.29) is 11.4 Å². The van der Waals surface area contributed by atoms with E-state index >= 15 is 0 Å². The molecule has 1 saturated heterocycles. The van der Waals surface area contributed by atoms with E-state index in [0.717, 1.165) is 16.7 Å². The molecule has 1 aliphatic heterocycles. The highest BCUT2D eigenvalue weighted by Crippen LogP contribution is 2.32. The van der Waals surface area contributed by atoms with Crippen LogP contribution in [0, 0.1) is 0 Å². The van der Waals surface area contributed by atoms with Gasteiger partial charge in [0.15, 0.2) is 0 Å². The Morgan fingerprint density at radius 1 is 1.08 bits per heavy atom. The van der Waals surface area contributed by atoms with Crippen molar-refractivity contribution in [1.29, 1.82) is 0 Å². The van der Waals surface area contributed by atoms with Crippen LogP contribution < -0.4 is 5.32 Å². The van der Waals surface area contributed by atoms with Gasteiger partial charge in [-0.3, -0.25) is 19.3 Å². The summed E-state index contributed by atoms with van der Waals surface area (Å²) in [5.74, 6) is -0.982. The number of halogens is 2. The van der Waals surface area contributed by atoms with Gasteiger partial charge in [0.2, 0.25) is 5.91 Å². The number of nitrogens with zero attached hydrogens (tertiary/aromatic N) is 1. The highest BCUT2D eigenvalue weighted by Gasteiger charge is 2.36. The summed E-state index contributed by atoms with van der Waals surface area (Å²) >= 11 is 12.5. The van der Waals surface area contributed by atoms with Crippen LogP contribution in [0.1, 0.15) is 5.56 Å². The molecule has 8 heteroatoms. The monoisotopic (exact) mass is 406 g/mol. The van der Waals surface area contributed by atoms with Crippen LogP contribution >= 0.6 is 35.0 Å². The molecule has 0 radical (unpaired) electrons. The summed E-state index contributed by atoms with van der Waals surface area (Å²) < 4.78 is 0. The topological polar surface area (TPSA) is 66.5 Å². The molecule has 26 heavy (non-hydrogen) atoms. The van der Waals surface area contributed by atoms with E-state index in [2.05, 4.69) is 5.32 Å². The Hall–Kier alpha value is -2.28. The average molecular weight is 407 g/mol. The van der Waals surface area contributed by atoms with Gasteiger partial charge in [-0.15, -0.1) is 0 Å². The number of carbonyl (C=O) groups excluding carboxylic acids is 3. The SMILES string of the molecule is O=C(CN1C(=O)S/C(=C/c2cccc(Cl)c2)C1=O)Nc1ccc(Cl)cc1. The maximum absolute atomic E-state index is 12.4. The van der Waals surface area contributed by atoms with Crippen LogP contribution in [0.5, 0.6) is 0 Å². The number of hydrogen-bond donors (Lipinski definition) is 1. The number of rotatable bonds is 4. The number of hydrogen-bond acceptors (Lipinski definition) is 4. The molecule has 1 heterocycles. The molecule has 1 N–H and O–H groups in total. The van der Waals surface area contributed by atoms with Crippen LogP contribution in [0.4, 0.5) is 10.5 Å². The fraction of sp³-hybridized carbons (Fsp3) is 0.0556. The molecule has 3 amide bonds. The smallest absolute Gasteiger partial charge is 0.294 e. The largest absolute Gasteiger partial charge is 0.325 e. The minimum absolute atomic E-state index is 0.247. The van der Waals surface area contributed by atoms with Crippen molar-refractivity contribution in [2.45, 2.75) is 0 Å². The van der Waals surface area contributed by atoms with Gasteiger partial charge in [-0.1, -0.05) is 35.3 Å². The average Bonchev–Trinajstić information content (AvgIpc) is 2.84. The summed E-state index contributed by atoms with van der Waals surface area (Å²) in [6.45, 7) is -0.361. The summed E-state index contributed by atoms with van der Waals surface area (Å²) in [6, 6.07) is 13.4. The van der Waals surface area contributed by atoms with Crippen molar-refractivity contribution in [3.05, 3.63) is 69.0 Å². The number of amides is 3. The lowest BCUT2D eigenvalue weighted by molar-refractivity contribution is -0.127. The van der Waals surface area contributed by atoms with E-state index < -0.39 is 17.1 Å².